The van der Waals surface area contributed by atoms with Crippen molar-refractivity contribution in [3.63, 3.8) is 0 Å². The number of aliphatic hydroxyl groups excluding tert-OH is 1. The molecule has 0 spiro atoms. The first kappa shape index (κ1) is 16.2. The molecule has 0 aromatic heterocycles. The molecule has 1 aliphatic rings. The van der Waals surface area contributed by atoms with Crippen molar-refractivity contribution >= 4 is 5.91 Å². The lowest BCUT2D eigenvalue weighted by Gasteiger charge is -2.34. The molecule has 0 bridgehead atoms. The van der Waals surface area contributed by atoms with E-state index in [0.717, 1.165) is 18.0 Å². The Bertz CT molecular complexity index is 291. The Morgan fingerprint density at radius 2 is 1.84 bits per heavy atom. The number of hydrogen-bond acceptors (Lipinski definition) is 4. The summed E-state index contributed by atoms with van der Waals surface area (Å²) < 4.78 is 37.0. The van der Waals surface area contributed by atoms with E-state index < -0.39 is 19.3 Å². The first-order valence-electron chi connectivity index (χ1n) is 6.18. The summed E-state index contributed by atoms with van der Waals surface area (Å²) in [5.41, 5.74) is 0. The fourth-order valence-electron chi connectivity index (χ4n) is 1.96. The summed E-state index contributed by atoms with van der Waals surface area (Å²) >= 11 is 0. The molecule has 1 fully saturated rings. The predicted octanol–water partition coefficient (Wildman–Crippen LogP) is -0.383. The topological polar surface area (TPSA) is 47.0 Å². The number of hydrogen-bond donors (Lipinski definition) is 1. The third-order valence-corrected chi connectivity index (χ3v) is 3.03. The summed E-state index contributed by atoms with van der Waals surface area (Å²) in [7, 11) is 1.93. The van der Waals surface area contributed by atoms with Crippen LogP contribution in [0.4, 0.5) is 13.2 Å². The number of alkyl halides is 3. The number of aliphatic hydroxyl groups is 1. The Morgan fingerprint density at radius 3 is 2.32 bits per heavy atom. The van der Waals surface area contributed by atoms with Gasteiger partial charge < -0.3 is 14.9 Å². The molecule has 0 saturated carbocycles. The van der Waals surface area contributed by atoms with Crippen molar-refractivity contribution in [3.05, 3.63) is 0 Å². The van der Waals surface area contributed by atoms with Crippen molar-refractivity contribution in [1.29, 1.82) is 0 Å². The van der Waals surface area contributed by atoms with Crippen LogP contribution in [0.1, 0.15) is 0 Å². The van der Waals surface area contributed by atoms with Gasteiger partial charge in [0.05, 0.1) is 19.7 Å². The van der Waals surface area contributed by atoms with Crippen molar-refractivity contribution < 1.29 is 23.1 Å². The number of carbonyl (C=O) groups is 1. The fraction of sp³-hybridized carbons (Fsp3) is 0.909. The number of piperazine rings is 1. The Hall–Kier alpha value is -0.860. The molecular formula is C11H20F3N3O2. The molecule has 1 aliphatic heterocycles. The largest absolute Gasteiger partial charge is 0.401 e. The van der Waals surface area contributed by atoms with E-state index in [1.54, 1.807) is 4.90 Å². The molecule has 0 aliphatic carbocycles. The third kappa shape index (κ3) is 6.22. The molecule has 1 heterocycles. The second-order valence-electron chi connectivity index (χ2n) is 4.73. The zero-order valence-corrected chi connectivity index (χ0v) is 11.0. The number of nitrogens with zero attached hydrogens (tertiary/aromatic N) is 3. The van der Waals surface area contributed by atoms with E-state index in [0.29, 0.717) is 13.1 Å². The molecule has 1 amide bonds. The molecule has 1 N–H and O–H groups in total. The Kier molecular flexibility index (Phi) is 6.02. The van der Waals surface area contributed by atoms with E-state index in [9.17, 15) is 18.0 Å². The average molecular weight is 283 g/mol. The van der Waals surface area contributed by atoms with Gasteiger partial charge in [-0.25, -0.2) is 0 Å². The van der Waals surface area contributed by atoms with Crippen LogP contribution < -0.4 is 0 Å². The van der Waals surface area contributed by atoms with Gasteiger partial charge in [0.1, 0.15) is 0 Å². The van der Waals surface area contributed by atoms with Gasteiger partial charge in [0.2, 0.25) is 5.91 Å². The van der Waals surface area contributed by atoms with Gasteiger partial charge in [0, 0.05) is 32.7 Å². The van der Waals surface area contributed by atoms with Gasteiger partial charge in [-0.1, -0.05) is 0 Å². The number of likely N-dealkylation sites (N-methyl/N-ethyl adjacent to an activating group) is 1. The standard InChI is InChI=1S/C11H20F3N3O2/c1-15-2-4-17(5-3-15)10(19)8-16(6-7-18)9-11(12,13)14/h18H,2-9H2,1H3. The molecule has 0 atom stereocenters. The summed E-state index contributed by atoms with van der Waals surface area (Å²) in [6.07, 6.45) is -4.36. The summed E-state index contributed by atoms with van der Waals surface area (Å²) in [6.45, 7) is 0.501. The molecule has 1 saturated heterocycles. The molecule has 112 valence electrons. The van der Waals surface area contributed by atoms with Crippen LogP contribution >= 0.6 is 0 Å². The first-order chi connectivity index (χ1) is 8.81. The number of carbonyl (C=O) groups excluding carboxylic acids is 1. The second-order valence-corrected chi connectivity index (χ2v) is 4.73. The zero-order chi connectivity index (χ0) is 14.5. The van der Waals surface area contributed by atoms with Gasteiger partial charge in [0.15, 0.2) is 0 Å². The lowest BCUT2D eigenvalue weighted by Crippen LogP contribution is -2.51. The van der Waals surface area contributed by atoms with E-state index >= 15 is 0 Å². The molecule has 5 nitrogen and oxygen atoms in total. The van der Waals surface area contributed by atoms with Crippen molar-refractivity contribution in [2.24, 2.45) is 0 Å². The summed E-state index contributed by atoms with van der Waals surface area (Å²) in [4.78, 5) is 16.5. The minimum absolute atomic E-state index is 0.154. The molecule has 8 heteroatoms. The van der Waals surface area contributed by atoms with Crippen molar-refractivity contribution in [2.75, 3.05) is 59.5 Å². The minimum Gasteiger partial charge on any atom is -0.395 e. The Balaban J connectivity index is 2.46. The highest BCUT2D eigenvalue weighted by molar-refractivity contribution is 5.78. The number of halogens is 3. The van der Waals surface area contributed by atoms with Crippen LogP contribution in [0.2, 0.25) is 0 Å². The number of rotatable bonds is 5. The van der Waals surface area contributed by atoms with Gasteiger partial charge in [-0.05, 0) is 7.05 Å². The minimum atomic E-state index is -4.36. The van der Waals surface area contributed by atoms with E-state index in [2.05, 4.69) is 4.90 Å². The number of amides is 1. The van der Waals surface area contributed by atoms with Crippen molar-refractivity contribution in [2.45, 2.75) is 6.18 Å². The third-order valence-electron chi connectivity index (χ3n) is 3.03. The molecule has 1 rings (SSSR count). The molecular weight excluding hydrogens is 263 g/mol. The van der Waals surface area contributed by atoms with Crippen LogP contribution in [0.5, 0.6) is 0 Å². The maximum atomic E-state index is 12.3. The van der Waals surface area contributed by atoms with Crippen molar-refractivity contribution in [1.82, 2.24) is 14.7 Å². The average Bonchev–Trinajstić information content (AvgIpc) is 2.27. The quantitative estimate of drug-likeness (QED) is 0.747. The molecule has 19 heavy (non-hydrogen) atoms. The molecule has 0 radical (unpaired) electrons. The monoisotopic (exact) mass is 283 g/mol. The van der Waals surface area contributed by atoms with Gasteiger partial charge in [-0.2, -0.15) is 13.2 Å². The highest BCUT2D eigenvalue weighted by atomic mass is 19.4. The SMILES string of the molecule is CN1CCN(C(=O)CN(CCO)CC(F)(F)F)CC1. The summed E-state index contributed by atoms with van der Waals surface area (Å²) in [5.74, 6) is -0.314. The molecule has 0 aromatic rings. The molecule has 0 aromatic carbocycles. The Morgan fingerprint density at radius 1 is 1.26 bits per heavy atom. The van der Waals surface area contributed by atoms with Crippen LogP contribution in [0.3, 0.4) is 0 Å². The van der Waals surface area contributed by atoms with Gasteiger partial charge in [-0.15, -0.1) is 0 Å². The van der Waals surface area contributed by atoms with E-state index in [-0.39, 0.29) is 19.0 Å². The maximum absolute atomic E-state index is 12.3. The zero-order valence-electron chi connectivity index (χ0n) is 11.0. The predicted molar refractivity (Wildman–Crippen MR) is 63.7 cm³/mol. The smallest absolute Gasteiger partial charge is 0.395 e. The summed E-state index contributed by atoms with van der Waals surface area (Å²) in [5, 5.41) is 8.75. The van der Waals surface area contributed by atoms with E-state index in [4.69, 9.17) is 5.11 Å². The van der Waals surface area contributed by atoms with E-state index in [1.165, 1.54) is 0 Å². The van der Waals surface area contributed by atoms with E-state index in [1.807, 2.05) is 7.05 Å². The lowest BCUT2D eigenvalue weighted by molar-refractivity contribution is -0.152. The lowest BCUT2D eigenvalue weighted by atomic mass is 10.3. The highest BCUT2D eigenvalue weighted by Crippen LogP contribution is 2.16. The fourth-order valence-corrected chi connectivity index (χ4v) is 1.96. The molecule has 0 unspecified atom stereocenters. The van der Waals surface area contributed by atoms with Crippen LogP contribution in [-0.4, -0.2) is 91.4 Å². The van der Waals surface area contributed by atoms with Crippen molar-refractivity contribution in [3.8, 4) is 0 Å². The normalized spacial score (nSPS) is 18.1. The second kappa shape index (κ2) is 7.06. The Labute approximate surface area is 110 Å². The van der Waals surface area contributed by atoms with Gasteiger partial charge >= 0.3 is 6.18 Å². The van der Waals surface area contributed by atoms with Crippen LogP contribution in [0, 0.1) is 0 Å². The summed E-state index contributed by atoms with van der Waals surface area (Å²) in [6, 6.07) is 0. The van der Waals surface area contributed by atoms with Gasteiger partial charge in [-0.3, -0.25) is 9.69 Å². The van der Waals surface area contributed by atoms with Crippen LogP contribution in [0.25, 0.3) is 0 Å². The first-order valence-corrected chi connectivity index (χ1v) is 6.18. The maximum Gasteiger partial charge on any atom is 0.401 e. The van der Waals surface area contributed by atoms with Crippen LogP contribution in [-0.2, 0) is 4.79 Å². The van der Waals surface area contributed by atoms with Gasteiger partial charge in [0.25, 0.3) is 0 Å². The highest BCUT2D eigenvalue weighted by Gasteiger charge is 2.32. The van der Waals surface area contributed by atoms with Crippen LogP contribution in [0.15, 0.2) is 0 Å².